The Bertz CT molecular complexity index is 183. The first-order valence-electron chi connectivity index (χ1n) is 5.51. The molecular weight excluding hydrogens is 162 g/mol. The highest BCUT2D eigenvalue weighted by Gasteiger charge is 2.58. The fourth-order valence-corrected chi connectivity index (χ4v) is 3.21. The zero-order valence-corrected chi connectivity index (χ0v) is 8.81. The van der Waals surface area contributed by atoms with Gasteiger partial charge < -0.3 is 10.1 Å². The van der Waals surface area contributed by atoms with Crippen LogP contribution in [-0.4, -0.2) is 26.8 Å². The Labute approximate surface area is 81.0 Å². The molecule has 2 aliphatic rings. The molecular formula is C11H21NO. The molecule has 13 heavy (non-hydrogen) atoms. The van der Waals surface area contributed by atoms with E-state index in [0.29, 0.717) is 11.5 Å². The summed E-state index contributed by atoms with van der Waals surface area (Å²) in [6, 6.07) is 0. The Balaban J connectivity index is 1.96. The molecule has 0 heterocycles. The minimum atomic E-state index is 0.555. The molecule has 1 spiro atoms. The number of nitrogens with one attached hydrogen (secondary N) is 1. The quantitative estimate of drug-likeness (QED) is 0.720. The molecule has 76 valence electrons. The van der Waals surface area contributed by atoms with E-state index in [9.17, 15) is 0 Å². The van der Waals surface area contributed by atoms with E-state index in [1.165, 1.54) is 38.6 Å². The van der Waals surface area contributed by atoms with Crippen LogP contribution in [0, 0.1) is 11.3 Å². The number of hydrogen-bond donors (Lipinski definition) is 1. The van der Waals surface area contributed by atoms with Gasteiger partial charge in [-0.05, 0) is 38.8 Å². The van der Waals surface area contributed by atoms with Crippen LogP contribution < -0.4 is 5.32 Å². The summed E-state index contributed by atoms with van der Waals surface area (Å²) in [6.07, 6.45) is 7.42. The lowest BCUT2D eigenvalue weighted by molar-refractivity contribution is 0.00317. The molecule has 0 aromatic rings. The largest absolute Gasteiger partial charge is 0.381 e. The van der Waals surface area contributed by atoms with E-state index < -0.39 is 0 Å². The van der Waals surface area contributed by atoms with Crippen molar-refractivity contribution in [2.24, 2.45) is 11.3 Å². The van der Waals surface area contributed by atoms with Crippen molar-refractivity contribution >= 4 is 0 Å². The highest BCUT2D eigenvalue weighted by molar-refractivity contribution is 5.09. The molecule has 0 aromatic carbocycles. The first-order valence-corrected chi connectivity index (χ1v) is 5.51. The van der Waals surface area contributed by atoms with Gasteiger partial charge in [-0.25, -0.2) is 0 Å². The van der Waals surface area contributed by atoms with Crippen molar-refractivity contribution in [2.75, 3.05) is 20.7 Å². The van der Waals surface area contributed by atoms with Crippen LogP contribution in [-0.2, 0) is 4.74 Å². The van der Waals surface area contributed by atoms with E-state index in [4.69, 9.17) is 4.74 Å². The number of methoxy groups -OCH3 is 1. The molecule has 2 aliphatic carbocycles. The first kappa shape index (κ1) is 9.47. The third kappa shape index (κ3) is 1.50. The van der Waals surface area contributed by atoms with Crippen LogP contribution in [0.15, 0.2) is 0 Å². The van der Waals surface area contributed by atoms with Crippen molar-refractivity contribution < 1.29 is 4.74 Å². The van der Waals surface area contributed by atoms with E-state index >= 15 is 0 Å². The molecule has 0 amide bonds. The molecule has 0 bridgehead atoms. The Kier molecular flexibility index (Phi) is 2.61. The molecule has 0 aliphatic heterocycles. The number of hydrogen-bond acceptors (Lipinski definition) is 2. The van der Waals surface area contributed by atoms with Gasteiger partial charge >= 0.3 is 0 Å². The minimum Gasteiger partial charge on any atom is -0.381 e. The van der Waals surface area contributed by atoms with E-state index in [0.717, 1.165) is 5.92 Å². The minimum absolute atomic E-state index is 0.555. The van der Waals surface area contributed by atoms with Crippen LogP contribution in [0.25, 0.3) is 0 Å². The summed E-state index contributed by atoms with van der Waals surface area (Å²) in [5.41, 5.74) is 0.579. The molecule has 2 fully saturated rings. The van der Waals surface area contributed by atoms with E-state index in [-0.39, 0.29) is 0 Å². The van der Waals surface area contributed by atoms with Crippen molar-refractivity contribution in [3.05, 3.63) is 0 Å². The zero-order chi connectivity index (χ0) is 9.31. The lowest BCUT2D eigenvalue weighted by Crippen LogP contribution is -2.31. The molecule has 2 nitrogen and oxygen atoms in total. The van der Waals surface area contributed by atoms with Gasteiger partial charge in [-0.15, -0.1) is 0 Å². The normalized spacial score (nSPS) is 43.8. The fourth-order valence-electron chi connectivity index (χ4n) is 3.21. The smallest absolute Gasteiger partial charge is 0.0630 e. The molecule has 0 radical (unpaired) electrons. The Hall–Kier alpha value is -0.0800. The third-order valence-electron chi connectivity index (χ3n) is 4.01. The third-order valence-corrected chi connectivity index (χ3v) is 4.01. The monoisotopic (exact) mass is 183 g/mol. The van der Waals surface area contributed by atoms with Crippen molar-refractivity contribution in [2.45, 2.75) is 38.2 Å². The van der Waals surface area contributed by atoms with Crippen LogP contribution in [0.5, 0.6) is 0 Å². The van der Waals surface area contributed by atoms with Gasteiger partial charge in [0.2, 0.25) is 0 Å². The van der Waals surface area contributed by atoms with Gasteiger partial charge in [-0.1, -0.05) is 12.8 Å². The lowest BCUT2D eigenvalue weighted by atomic mass is 9.81. The van der Waals surface area contributed by atoms with Gasteiger partial charge in [0.25, 0.3) is 0 Å². The maximum atomic E-state index is 5.62. The van der Waals surface area contributed by atoms with Crippen LogP contribution >= 0.6 is 0 Å². The van der Waals surface area contributed by atoms with Gasteiger partial charge in [0.05, 0.1) is 6.10 Å². The summed E-state index contributed by atoms with van der Waals surface area (Å²) in [4.78, 5) is 0. The van der Waals surface area contributed by atoms with Crippen molar-refractivity contribution in [3.63, 3.8) is 0 Å². The highest BCUT2D eigenvalue weighted by atomic mass is 16.5. The molecule has 2 rings (SSSR count). The van der Waals surface area contributed by atoms with E-state index in [2.05, 4.69) is 12.4 Å². The van der Waals surface area contributed by atoms with E-state index in [1.54, 1.807) is 0 Å². The van der Waals surface area contributed by atoms with Gasteiger partial charge in [0, 0.05) is 12.5 Å². The van der Waals surface area contributed by atoms with Gasteiger partial charge in [0.1, 0.15) is 0 Å². The second kappa shape index (κ2) is 3.58. The molecule has 2 saturated carbocycles. The van der Waals surface area contributed by atoms with Gasteiger partial charge in [-0.3, -0.25) is 0 Å². The second-order valence-electron chi connectivity index (χ2n) is 4.66. The van der Waals surface area contributed by atoms with Crippen LogP contribution in [0.1, 0.15) is 32.1 Å². The molecule has 0 aromatic heterocycles. The fraction of sp³-hybridized carbons (Fsp3) is 1.00. The second-order valence-corrected chi connectivity index (χ2v) is 4.66. The summed E-state index contributed by atoms with van der Waals surface area (Å²) >= 11 is 0. The summed E-state index contributed by atoms with van der Waals surface area (Å²) in [7, 11) is 3.93. The average Bonchev–Trinajstić information content (AvgIpc) is 2.81. The maximum absolute atomic E-state index is 5.62. The predicted molar refractivity (Wildman–Crippen MR) is 53.7 cm³/mol. The van der Waals surface area contributed by atoms with Crippen LogP contribution in [0.4, 0.5) is 0 Å². The maximum Gasteiger partial charge on any atom is 0.0630 e. The van der Waals surface area contributed by atoms with Gasteiger partial charge in [0.15, 0.2) is 0 Å². The van der Waals surface area contributed by atoms with Crippen molar-refractivity contribution in [1.82, 2.24) is 5.32 Å². The Morgan fingerprint density at radius 1 is 1.46 bits per heavy atom. The van der Waals surface area contributed by atoms with Gasteiger partial charge in [-0.2, -0.15) is 0 Å². The standard InChI is InChI=1S/C11H21NO/c1-12-8-9-7-11(9)6-4-3-5-10(11)13-2/h9-10,12H,3-8H2,1-2H3. The summed E-state index contributed by atoms with van der Waals surface area (Å²) in [5.74, 6) is 0.891. The van der Waals surface area contributed by atoms with E-state index in [1.807, 2.05) is 7.11 Å². The molecule has 0 saturated heterocycles. The first-order chi connectivity index (χ1) is 6.33. The topological polar surface area (TPSA) is 21.3 Å². The Morgan fingerprint density at radius 2 is 2.31 bits per heavy atom. The molecule has 2 heteroatoms. The van der Waals surface area contributed by atoms with Crippen LogP contribution in [0.2, 0.25) is 0 Å². The number of ether oxygens (including phenoxy) is 1. The lowest BCUT2D eigenvalue weighted by Gasteiger charge is -2.31. The summed E-state index contributed by atoms with van der Waals surface area (Å²) in [5, 5.41) is 3.29. The molecule has 3 atom stereocenters. The molecule has 1 N–H and O–H groups in total. The average molecular weight is 183 g/mol. The highest BCUT2D eigenvalue weighted by Crippen LogP contribution is 2.61. The summed E-state index contributed by atoms with van der Waals surface area (Å²) in [6.45, 7) is 1.18. The summed E-state index contributed by atoms with van der Waals surface area (Å²) < 4.78 is 5.62. The number of rotatable bonds is 3. The Morgan fingerprint density at radius 3 is 3.00 bits per heavy atom. The van der Waals surface area contributed by atoms with Crippen LogP contribution in [0.3, 0.4) is 0 Å². The molecule has 3 unspecified atom stereocenters. The SMILES string of the molecule is CNCC1CC12CCCCC2OC. The van der Waals surface area contributed by atoms with Crippen molar-refractivity contribution in [1.29, 1.82) is 0 Å². The predicted octanol–water partition coefficient (Wildman–Crippen LogP) is 1.80. The van der Waals surface area contributed by atoms with Crippen molar-refractivity contribution in [3.8, 4) is 0 Å². The zero-order valence-electron chi connectivity index (χ0n) is 8.81.